The van der Waals surface area contributed by atoms with Crippen LogP contribution in [0.1, 0.15) is 43.0 Å². The summed E-state index contributed by atoms with van der Waals surface area (Å²) in [4.78, 5) is 27.6. The Morgan fingerprint density at radius 3 is 2.45 bits per heavy atom. The largest absolute Gasteiger partial charge is 0.507 e. The van der Waals surface area contributed by atoms with Gasteiger partial charge in [-0.15, -0.1) is 0 Å². The first-order valence-corrected chi connectivity index (χ1v) is 11.8. The van der Waals surface area contributed by atoms with E-state index >= 15 is 0 Å². The van der Waals surface area contributed by atoms with Crippen molar-refractivity contribution in [3.63, 3.8) is 0 Å². The highest BCUT2D eigenvalue weighted by molar-refractivity contribution is 9.10. The van der Waals surface area contributed by atoms with Gasteiger partial charge < -0.3 is 19.5 Å². The molecule has 0 saturated carbocycles. The van der Waals surface area contributed by atoms with Gasteiger partial charge in [0.2, 0.25) is 0 Å². The number of carbonyl (C=O) groups excluding carboxylic acids is 2. The summed E-state index contributed by atoms with van der Waals surface area (Å²) in [6.45, 7) is 7.38. The molecule has 6 nitrogen and oxygen atoms in total. The van der Waals surface area contributed by atoms with Gasteiger partial charge >= 0.3 is 0 Å². The maximum Gasteiger partial charge on any atom is 0.295 e. The van der Waals surface area contributed by atoms with E-state index in [2.05, 4.69) is 29.8 Å². The molecule has 2 aromatic rings. The molecule has 1 N–H and O–H groups in total. The van der Waals surface area contributed by atoms with E-state index in [9.17, 15) is 14.7 Å². The summed E-state index contributed by atoms with van der Waals surface area (Å²) in [6, 6.07) is 12.1. The Bertz CT molecular complexity index is 1050. The number of aliphatic hydroxyl groups is 1. The topological polar surface area (TPSA) is 76.1 Å². The highest BCUT2D eigenvalue weighted by atomic mass is 79.9. The molecule has 0 unspecified atom stereocenters. The predicted octanol–water partition coefficient (Wildman–Crippen LogP) is 5.25. The molecule has 1 fully saturated rings. The fourth-order valence-electron chi connectivity index (χ4n) is 3.88. The molecule has 7 heteroatoms. The van der Waals surface area contributed by atoms with Gasteiger partial charge in [0.05, 0.1) is 18.2 Å². The number of Topliss-reactive ketones (excluding diaryl/α,β-unsaturated/α-hetero) is 1. The number of methoxy groups -OCH3 is 1. The van der Waals surface area contributed by atoms with Crippen molar-refractivity contribution in [2.24, 2.45) is 5.92 Å². The minimum absolute atomic E-state index is 0.0960. The maximum atomic E-state index is 13.1. The number of amides is 1. The van der Waals surface area contributed by atoms with E-state index in [1.54, 1.807) is 19.2 Å². The molecule has 1 atom stereocenters. The second-order valence-corrected chi connectivity index (χ2v) is 9.49. The van der Waals surface area contributed by atoms with Crippen LogP contribution in [0.25, 0.3) is 5.76 Å². The Balaban J connectivity index is 2.05. The van der Waals surface area contributed by atoms with Crippen molar-refractivity contribution in [2.45, 2.75) is 33.2 Å². The average Bonchev–Trinajstić information content (AvgIpc) is 3.03. The van der Waals surface area contributed by atoms with Gasteiger partial charge in [-0.05, 0) is 60.7 Å². The monoisotopic (exact) mass is 515 g/mol. The van der Waals surface area contributed by atoms with Crippen LogP contribution in [-0.2, 0) is 14.3 Å². The smallest absolute Gasteiger partial charge is 0.295 e. The van der Waals surface area contributed by atoms with Crippen LogP contribution in [0.4, 0.5) is 0 Å². The average molecular weight is 516 g/mol. The Kier molecular flexibility index (Phi) is 8.32. The number of ether oxygens (including phenoxy) is 2. The lowest BCUT2D eigenvalue weighted by Crippen LogP contribution is -2.31. The Morgan fingerprint density at radius 1 is 1.15 bits per heavy atom. The van der Waals surface area contributed by atoms with E-state index in [4.69, 9.17) is 9.47 Å². The molecular formula is C26H30BrNO5. The molecule has 33 heavy (non-hydrogen) atoms. The molecule has 1 aliphatic rings. The molecule has 3 rings (SSSR count). The predicted molar refractivity (Wildman–Crippen MR) is 131 cm³/mol. The zero-order valence-electron chi connectivity index (χ0n) is 19.4. The second kappa shape index (κ2) is 11.0. The van der Waals surface area contributed by atoms with Crippen molar-refractivity contribution >= 4 is 33.4 Å². The summed E-state index contributed by atoms with van der Waals surface area (Å²) in [5.41, 5.74) is 2.11. The number of aryl methyl sites for hydroxylation is 1. The summed E-state index contributed by atoms with van der Waals surface area (Å²) in [5, 5.41) is 11.3. The Labute approximate surface area is 203 Å². The van der Waals surface area contributed by atoms with Gasteiger partial charge in [0.15, 0.2) is 0 Å². The van der Waals surface area contributed by atoms with E-state index in [1.165, 1.54) is 4.90 Å². The van der Waals surface area contributed by atoms with Gasteiger partial charge in [-0.2, -0.15) is 0 Å². The standard InChI is InChI=1S/C26H30BrNO5/c1-16(2)15-33-20-10-11-21(17(3)14-20)24(29)22-23(18-6-8-19(27)9-7-18)28(12-5-13-32-4)26(31)25(22)30/h6-11,14,16,23,29H,5,12-13,15H2,1-4H3/t23-/m1/s1. The molecule has 0 aliphatic carbocycles. The van der Waals surface area contributed by atoms with Crippen LogP contribution in [0.3, 0.4) is 0 Å². The van der Waals surface area contributed by atoms with Crippen molar-refractivity contribution in [1.29, 1.82) is 0 Å². The first-order chi connectivity index (χ1) is 15.7. The van der Waals surface area contributed by atoms with Crippen LogP contribution in [0.2, 0.25) is 0 Å². The number of hydrogen-bond acceptors (Lipinski definition) is 5. The number of nitrogens with zero attached hydrogens (tertiary/aromatic N) is 1. The third kappa shape index (κ3) is 5.65. The van der Waals surface area contributed by atoms with Crippen LogP contribution in [0.15, 0.2) is 52.5 Å². The molecule has 176 valence electrons. The summed E-state index contributed by atoms with van der Waals surface area (Å²) in [6.07, 6.45) is 0.581. The number of rotatable bonds is 9. The van der Waals surface area contributed by atoms with Crippen molar-refractivity contribution < 1.29 is 24.2 Å². The molecular weight excluding hydrogens is 486 g/mol. The fraction of sp³-hybridized carbons (Fsp3) is 0.385. The summed E-state index contributed by atoms with van der Waals surface area (Å²) in [7, 11) is 1.59. The number of halogens is 1. The summed E-state index contributed by atoms with van der Waals surface area (Å²) in [5.74, 6) is -0.392. The molecule has 1 heterocycles. The molecule has 1 aliphatic heterocycles. The minimum Gasteiger partial charge on any atom is -0.507 e. The number of aliphatic hydroxyl groups excluding tert-OH is 1. The summed E-state index contributed by atoms with van der Waals surface area (Å²) < 4.78 is 11.8. The lowest BCUT2D eigenvalue weighted by Gasteiger charge is -2.25. The van der Waals surface area contributed by atoms with E-state index < -0.39 is 17.7 Å². The van der Waals surface area contributed by atoms with Crippen molar-refractivity contribution in [2.75, 3.05) is 26.9 Å². The first kappa shape index (κ1) is 25.0. The summed E-state index contributed by atoms with van der Waals surface area (Å²) >= 11 is 3.43. The SMILES string of the molecule is COCCCN1C(=O)C(=O)C(=C(O)c2ccc(OCC(C)C)cc2C)[C@H]1c1ccc(Br)cc1. The highest BCUT2D eigenvalue weighted by Crippen LogP contribution is 2.40. The van der Waals surface area contributed by atoms with E-state index in [-0.39, 0.29) is 11.3 Å². The lowest BCUT2D eigenvalue weighted by atomic mass is 9.94. The fourth-order valence-corrected chi connectivity index (χ4v) is 4.15. The van der Waals surface area contributed by atoms with Gasteiger partial charge in [0, 0.05) is 30.3 Å². The normalized spacial score (nSPS) is 17.8. The first-order valence-electron chi connectivity index (χ1n) is 11.0. The van der Waals surface area contributed by atoms with E-state index in [0.29, 0.717) is 43.4 Å². The zero-order chi connectivity index (χ0) is 24.1. The third-order valence-corrected chi connectivity index (χ3v) is 6.04. The molecule has 0 radical (unpaired) electrons. The molecule has 0 aromatic heterocycles. The zero-order valence-corrected chi connectivity index (χ0v) is 21.0. The Hall–Kier alpha value is -2.64. The number of carbonyl (C=O) groups is 2. The van der Waals surface area contributed by atoms with Gasteiger partial charge in [-0.1, -0.05) is 41.9 Å². The molecule has 0 spiro atoms. The molecule has 1 amide bonds. The van der Waals surface area contributed by atoms with Gasteiger partial charge in [0.1, 0.15) is 11.5 Å². The number of benzene rings is 2. The van der Waals surface area contributed by atoms with Gasteiger partial charge in [-0.3, -0.25) is 9.59 Å². The van der Waals surface area contributed by atoms with Crippen molar-refractivity contribution in [1.82, 2.24) is 4.90 Å². The quantitative estimate of drug-likeness (QED) is 0.213. The highest BCUT2D eigenvalue weighted by Gasteiger charge is 2.45. The molecule has 1 saturated heterocycles. The Morgan fingerprint density at radius 2 is 1.85 bits per heavy atom. The van der Waals surface area contributed by atoms with Gasteiger partial charge in [0.25, 0.3) is 11.7 Å². The third-order valence-electron chi connectivity index (χ3n) is 5.51. The number of ketones is 1. The molecule has 0 bridgehead atoms. The minimum atomic E-state index is -0.683. The lowest BCUT2D eigenvalue weighted by molar-refractivity contribution is -0.140. The van der Waals surface area contributed by atoms with Crippen LogP contribution >= 0.6 is 15.9 Å². The maximum absolute atomic E-state index is 13.1. The van der Waals surface area contributed by atoms with Crippen molar-refractivity contribution in [3.8, 4) is 5.75 Å². The number of hydrogen-bond donors (Lipinski definition) is 1. The van der Waals surface area contributed by atoms with Crippen molar-refractivity contribution in [3.05, 3.63) is 69.2 Å². The van der Waals surface area contributed by atoms with Crippen LogP contribution < -0.4 is 4.74 Å². The van der Waals surface area contributed by atoms with E-state index in [1.807, 2.05) is 37.3 Å². The van der Waals surface area contributed by atoms with Crippen LogP contribution in [0.5, 0.6) is 5.75 Å². The number of likely N-dealkylation sites (tertiary alicyclic amines) is 1. The van der Waals surface area contributed by atoms with E-state index in [0.717, 1.165) is 15.6 Å². The van der Waals surface area contributed by atoms with Gasteiger partial charge in [-0.25, -0.2) is 0 Å². The van der Waals surface area contributed by atoms with Crippen LogP contribution in [0, 0.1) is 12.8 Å². The van der Waals surface area contributed by atoms with Crippen LogP contribution in [-0.4, -0.2) is 48.6 Å². The molecule has 2 aromatic carbocycles. The second-order valence-electron chi connectivity index (χ2n) is 8.57.